The zero-order valence-electron chi connectivity index (χ0n) is 11.9. The van der Waals surface area contributed by atoms with Crippen LogP contribution in [0.25, 0.3) is 0 Å². The summed E-state index contributed by atoms with van der Waals surface area (Å²) in [5, 5.41) is 0. The summed E-state index contributed by atoms with van der Waals surface area (Å²) in [4.78, 5) is 3.18. The van der Waals surface area contributed by atoms with Gasteiger partial charge in [-0.25, -0.2) is 0 Å². The largest absolute Gasteiger partial charge is 0.393 e. The number of hydrogen-bond donors (Lipinski definition) is 1. The zero-order chi connectivity index (χ0) is 13.8. The van der Waals surface area contributed by atoms with Crippen LogP contribution in [0.15, 0.2) is 30.3 Å². The van der Waals surface area contributed by atoms with Gasteiger partial charge in [-0.05, 0) is 32.3 Å². The van der Waals surface area contributed by atoms with Crippen LogP contribution in [0.2, 0.25) is 0 Å². The summed E-state index contributed by atoms with van der Waals surface area (Å²) < 4.78 is 0. The lowest BCUT2D eigenvalue weighted by Gasteiger charge is -2.40. The van der Waals surface area contributed by atoms with E-state index in [1.54, 1.807) is 0 Å². The second kappa shape index (κ2) is 6.49. The predicted molar refractivity (Wildman–Crippen MR) is 85.4 cm³/mol. The SMILES string of the molecule is CC1CCCC(C)N1CC(C(N)=S)c1ccccc1. The number of nitrogens with zero attached hydrogens (tertiary/aromatic N) is 1. The summed E-state index contributed by atoms with van der Waals surface area (Å²) in [5.74, 6) is 0.166. The van der Waals surface area contributed by atoms with E-state index < -0.39 is 0 Å². The van der Waals surface area contributed by atoms with Crippen molar-refractivity contribution < 1.29 is 0 Å². The molecule has 3 atom stereocenters. The van der Waals surface area contributed by atoms with E-state index in [0.29, 0.717) is 17.1 Å². The quantitative estimate of drug-likeness (QED) is 0.855. The highest BCUT2D eigenvalue weighted by molar-refractivity contribution is 7.80. The van der Waals surface area contributed by atoms with Crippen molar-refractivity contribution in [3.8, 4) is 0 Å². The molecule has 104 valence electrons. The first-order chi connectivity index (χ1) is 9.09. The zero-order valence-corrected chi connectivity index (χ0v) is 12.7. The van der Waals surface area contributed by atoms with Crippen LogP contribution in [0.5, 0.6) is 0 Å². The van der Waals surface area contributed by atoms with E-state index in [1.807, 2.05) is 6.07 Å². The smallest absolute Gasteiger partial charge is 0.0816 e. The van der Waals surface area contributed by atoms with E-state index in [9.17, 15) is 0 Å². The van der Waals surface area contributed by atoms with Crippen molar-refractivity contribution in [2.24, 2.45) is 5.73 Å². The molecule has 0 aliphatic carbocycles. The molecule has 1 aliphatic heterocycles. The minimum absolute atomic E-state index is 0.166. The van der Waals surface area contributed by atoms with Gasteiger partial charge >= 0.3 is 0 Å². The molecule has 3 heteroatoms. The van der Waals surface area contributed by atoms with Gasteiger partial charge in [0.05, 0.1) is 4.99 Å². The summed E-state index contributed by atoms with van der Waals surface area (Å²) in [7, 11) is 0. The minimum Gasteiger partial charge on any atom is -0.393 e. The van der Waals surface area contributed by atoms with Crippen molar-refractivity contribution in [3.05, 3.63) is 35.9 Å². The van der Waals surface area contributed by atoms with Crippen LogP contribution in [-0.2, 0) is 0 Å². The molecule has 1 aliphatic rings. The molecule has 1 fully saturated rings. The first kappa shape index (κ1) is 14.5. The molecule has 1 aromatic rings. The number of likely N-dealkylation sites (tertiary alicyclic amines) is 1. The van der Waals surface area contributed by atoms with E-state index >= 15 is 0 Å². The van der Waals surface area contributed by atoms with Crippen molar-refractivity contribution >= 4 is 17.2 Å². The fourth-order valence-corrected chi connectivity index (χ4v) is 3.30. The van der Waals surface area contributed by atoms with Gasteiger partial charge in [0, 0.05) is 24.5 Å². The van der Waals surface area contributed by atoms with Gasteiger partial charge in [-0.1, -0.05) is 49.0 Å². The van der Waals surface area contributed by atoms with E-state index in [1.165, 1.54) is 24.8 Å². The van der Waals surface area contributed by atoms with E-state index in [-0.39, 0.29) is 5.92 Å². The molecule has 0 saturated carbocycles. The Morgan fingerprint density at radius 3 is 2.37 bits per heavy atom. The molecule has 0 amide bonds. The molecule has 1 heterocycles. The molecule has 0 bridgehead atoms. The maximum atomic E-state index is 5.98. The Hall–Kier alpha value is -0.930. The molecule has 0 spiro atoms. The molecule has 0 aromatic heterocycles. The summed E-state index contributed by atoms with van der Waals surface area (Å²) in [6, 6.07) is 11.7. The Bertz CT molecular complexity index is 408. The van der Waals surface area contributed by atoms with E-state index in [0.717, 1.165) is 6.54 Å². The highest BCUT2D eigenvalue weighted by Crippen LogP contribution is 2.26. The molecule has 0 radical (unpaired) electrons. The molecule has 19 heavy (non-hydrogen) atoms. The predicted octanol–water partition coefficient (Wildman–Crippen LogP) is 3.32. The van der Waals surface area contributed by atoms with Crippen LogP contribution in [0.4, 0.5) is 0 Å². The Morgan fingerprint density at radius 2 is 1.84 bits per heavy atom. The number of hydrogen-bond acceptors (Lipinski definition) is 2. The average Bonchev–Trinajstić information content (AvgIpc) is 2.39. The summed E-state index contributed by atoms with van der Waals surface area (Å²) in [6.45, 7) is 5.58. The normalized spacial score (nSPS) is 26.0. The van der Waals surface area contributed by atoms with Gasteiger partial charge in [0.2, 0.25) is 0 Å². The van der Waals surface area contributed by atoms with E-state index in [4.69, 9.17) is 18.0 Å². The van der Waals surface area contributed by atoms with Gasteiger partial charge in [0.1, 0.15) is 0 Å². The fraction of sp³-hybridized carbons (Fsp3) is 0.562. The van der Waals surface area contributed by atoms with Crippen LogP contribution in [0.3, 0.4) is 0 Å². The topological polar surface area (TPSA) is 29.3 Å². The third kappa shape index (κ3) is 3.54. The van der Waals surface area contributed by atoms with Crippen LogP contribution in [0.1, 0.15) is 44.6 Å². The lowest BCUT2D eigenvalue weighted by molar-refractivity contribution is 0.102. The Kier molecular flexibility index (Phi) is 4.94. The Morgan fingerprint density at radius 1 is 1.26 bits per heavy atom. The van der Waals surface area contributed by atoms with Gasteiger partial charge in [-0.3, -0.25) is 4.90 Å². The van der Waals surface area contributed by atoms with E-state index in [2.05, 4.69) is 43.0 Å². The monoisotopic (exact) mass is 276 g/mol. The van der Waals surface area contributed by atoms with Crippen molar-refractivity contribution in [2.45, 2.75) is 51.1 Å². The van der Waals surface area contributed by atoms with Crippen molar-refractivity contribution in [3.63, 3.8) is 0 Å². The summed E-state index contributed by atoms with van der Waals surface area (Å²) >= 11 is 5.30. The molecule has 2 rings (SSSR count). The summed E-state index contributed by atoms with van der Waals surface area (Å²) in [6.07, 6.45) is 3.90. The highest BCUT2D eigenvalue weighted by atomic mass is 32.1. The lowest BCUT2D eigenvalue weighted by Crippen LogP contribution is -2.47. The second-order valence-corrected chi connectivity index (χ2v) is 6.16. The number of nitrogens with two attached hydrogens (primary N) is 1. The molecule has 2 N–H and O–H groups in total. The van der Waals surface area contributed by atoms with Crippen LogP contribution < -0.4 is 5.73 Å². The highest BCUT2D eigenvalue weighted by Gasteiger charge is 2.28. The fourth-order valence-electron chi connectivity index (χ4n) is 3.09. The number of piperidine rings is 1. The summed E-state index contributed by atoms with van der Waals surface area (Å²) in [5.41, 5.74) is 7.22. The Balaban J connectivity index is 2.15. The molecule has 3 unspecified atom stereocenters. The molecule has 1 aromatic carbocycles. The second-order valence-electron chi connectivity index (χ2n) is 5.69. The standard InChI is InChI=1S/C16H24N2S/c1-12-7-6-8-13(2)18(12)11-15(16(17)19)14-9-4-3-5-10-14/h3-5,9-10,12-13,15H,6-8,11H2,1-2H3,(H2,17,19). The van der Waals surface area contributed by atoms with Gasteiger partial charge in [0.15, 0.2) is 0 Å². The van der Waals surface area contributed by atoms with Crippen molar-refractivity contribution in [1.82, 2.24) is 4.90 Å². The van der Waals surface area contributed by atoms with Gasteiger partial charge in [-0.15, -0.1) is 0 Å². The third-order valence-electron chi connectivity index (χ3n) is 4.31. The molecule has 2 nitrogen and oxygen atoms in total. The van der Waals surface area contributed by atoms with Crippen LogP contribution >= 0.6 is 12.2 Å². The van der Waals surface area contributed by atoms with Crippen molar-refractivity contribution in [2.75, 3.05) is 6.54 Å². The minimum atomic E-state index is 0.166. The molecule has 1 saturated heterocycles. The first-order valence-corrected chi connectivity index (χ1v) is 7.60. The molecular weight excluding hydrogens is 252 g/mol. The Labute approximate surface area is 122 Å². The van der Waals surface area contributed by atoms with Gasteiger partial charge in [0.25, 0.3) is 0 Å². The number of benzene rings is 1. The van der Waals surface area contributed by atoms with Crippen LogP contribution in [-0.4, -0.2) is 28.5 Å². The average molecular weight is 276 g/mol. The number of rotatable bonds is 4. The number of thiocarbonyl (C=S) groups is 1. The maximum absolute atomic E-state index is 5.98. The third-order valence-corrected chi connectivity index (χ3v) is 4.60. The van der Waals surface area contributed by atoms with Crippen molar-refractivity contribution in [1.29, 1.82) is 0 Å². The maximum Gasteiger partial charge on any atom is 0.0816 e. The van der Waals surface area contributed by atoms with Gasteiger partial charge < -0.3 is 5.73 Å². The van der Waals surface area contributed by atoms with Crippen LogP contribution in [0, 0.1) is 0 Å². The first-order valence-electron chi connectivity index (χ1n) is 7.19. The lowest BCUT2D eigenvalue weighted by atomic mass is 9.92. The molecular formula is C16H24N2S. The van der Waals surface area contributed by atoms with Gasteiger partial charge in [-0.2, -0.15) is 0 Å².